The van der Waals surface area contributed by atoms with E-state index < -0.39 is 34.8 Å². The molecule has 0 aliphatic carbocycles. The van der Waals surface area contributed by atoms with Crippen LogP contribution in [-0.2, 0) is 19.8 Å². The second-order valence-corrected chi connectivity index (χ2v) is 11.4. The smallest absolute Gasteiger partial charge is 0.306 e. The van der Waals surface area contributed by atoms with Gasteiger partial charge in [0.15, 0.2) is 0 Å². The second-order valence-electron chi connectivity index (χ2n) is 11.4. The molecule has 4 atom stereocenters. The zero-order valence-electron chi connectivity index (χ0n) is 22.6. The maximum Gasteiger partial charge on any atom is 0.306 e. The van der Waals surface area contributed by atoms with E-state index in [0.717, 1.165) is 5.56 Å². The number of hydrogen-bond donors (Lipinski definition) is 3. The van der Waals surface area contributed by atoms with Gasteiger partial charge in [0.2, 0.25) is 11.8 Å². The standard InChI is InChI=1S/C27H45N3O4/c1-17(2)20(16-18(3)25(33)34)30(10)24(32)22(26(4,5)6)29-23(31)21(28-9)27(7,8)19-14-12-11-13-15-19/h11-15,17-18,20-22,28H,16H2,1-10H3,(H,29,31)(H,33,34)/t18-,20-,21-,22-/m1/s1. The Morgan fingerprint density at radius 1 is 0.971 bits per heavy atom. The van der Waals surface area contributed by atoms with Gasteiger partial charge in [-0.15, -0.1) is 0 Å². The van der Waals surface area contributed by atoms with Crippen LogP contribution in [0.25, 0.3) is 0 Å². The Balaban J connectivity index is 3.22. The van der Waals surface area contributed by atoms with Crippen LogP contribution in [0.3, 0.4) is 0 Å². The highest BCUT2D eigenvalue weighted by Gasteiger charge is 2.42. The van der Waals surface area contributed by atoms with E-state index in [1.807, 2.05) is 78.8 Å². The molecule has 3 N–H and O–H groups in total. The van der Waals surface area contributed by atoms with Gasteiger partial charge in [-0.3, -0.25) is 14.4 Å². The van der Waals surface area contributed by atoms with Crippen molar-refractivity contribution in [1.29, 1.82) is 0 Å². The second kappa shape index (κ2) is 11.8. The number of carbonyl (C=O) groups is 3. The summed E-state index contributed by atoms with van der Waals surface area (Å²) in [5.74, 6) is -1.87. The van der Waals surface area contributed by atoms with E-state index in [4.69, 9.17) is 0 Å². The van der Waals surface area contributed by atoms with Crippen LogP contribution >= 0.6 is 0 Å². The first-order chi connectivity index (χ1) is 15.5. The molecule has 7 heteroatoms. The van der Waals surface area contributed by atoms with Gasteiger partial charge in [0.1, 0.15) is 6.04 Å². The molecule has 0 unspecified atom stereocenters. The molecular weight excluding hydrogens is 430 g/mol. The van der Waals surface area contributed by atoms with E-state index >= 15 is 0 Å². The molecule has 0 radical (unpaired) electrons. The third kappa shape index (κ3) is 7.29. The summed E-state index contributed by atoms with van der Waals surface area (Å²) >= 11 is 0. The van der Waals surface area contributed by atoms with Crippen molar-refractivity contribution in [3.05, 3.63) is 35.9 Å². The number of carboxylic acid groups (broad SMARTS) is 1. The van der Waals surface area contributed by atoms with Gasteiger partial charge < -0.3 is 20.6 Å². The normalized spacial score (nSPS) is 15.9. The lowest BCUT2D eigenvalue weighted by atomic mass is 9.76. The Kier molecular flexibility index (Phi) is 10.3. The Morgan fingerprint density at radius 2 is 1.50 bits per heavy atom. The highest BCUT2D eigenvalue weighted by Crippen LogP contribution is 2.29. The number of rotatable bonds is 11. The summed E-state index contributed by atoms with van der Waals surface area (Å²) in [5.41, 5.74) is -0.0480. The summed E-state index contributed by atoms with van der Waals surface area (Å²) in [4.78, 5) is 40.3. The molecular formula is C27H45N3O4. The molecule has 0 aromatic heterocycles. The van der Waals surface area contributed by atoms with Crippen LogP contribution in [-0.4, -0.2) is 60.0 Å². The third-order valence-electron chi connectivity index (χ3n) is 6.82. The minimum atomic E-state index is -0.882. The Morgan fingerprint density at radius 3 is 1.91 bits per heavy atom. The number of hydrogen-bond acceptors (Lipinski definition) is 4. The first-order valence-electron chi connectivity index (χ1n) is 12.1. The number of benzene rings is 1. The van der Waals surface area contributed by atoms with Gasteiger partial charge >= 0.3 is 5.97 Å². The van der Waals surface area contributed by atoms with Gasteiger partial charge in [-0.1, -0.05) is 85.7 Å². The number of likely N-dealkylation sites (N-methyl/N-ethyl adjacent to an activating group) is 2. The maximum atomic E-state index is 13.7. The summed E-state index contributed by atoms with van der Waals surface area (Å²) in [5, 5.41) is 15.5. The lowest BCUT2D eigenvalue weighted by molar-refractivity contribution is -0.145. The highest BCUT2D eigenvalue weighted by atomic mass is 16.4. The van der Waals surface area contributed by atoms with Gasteiger partial charge in [-0.2, -0.15) is 0 Å². The molecule has 34 heavy (non-hydrogen) atoms. The molecule has 1 rings (SSSR count). The van der Waals surface area contributed by atoms with Crippen molar-refractivity contribution in [3.63, 3.8) is 0 Å². The third-order valence-corrected chi connectivity index (χ3v) is 6.82. The van der Waals surface area contributed by atoms with Gasteiger partial charge in [-0.05, 0) is 30.4 Å². The average Bonchev–Trinajstić information content (AvgIpc) is 2.74. The molecule has 0 saturated heterocycles. The minimum absolute atomic E-state index is 0.0640. The summed E-state index contributed by atoms with van der Waals surface area (Å²) < 4.78 is 0. The first kappa shape index (κ1) is 29.6. The van der Waals surface area contributed by atoms with Crippen molar-refractivity contribution in [2.45, 2.75) is 85.4 Å². The van der Waals surface area contributed by atoms with Crippen LogP contribution in [0, 0.1) is 17.3 Å². The molecule has 1 aromatic rings. The van der Waals surface area contributed by atoms with Crippen LogP contribution in [0.1, 0.15) is 67.4 Å². The predicted molar refractivity (Wildman–Crippen MR) is 137 cm³/mol. The molecule has 0 aliphatic heterocycles. The van der Waals surface area contributed by atoms with E-state index in [-0.39, 0.29) is 23.8 Å². The maximum absolute atomic E-state index is 13.7. The summed E-state index contributed by atoms with van der Waals surface area (Å²) in [7, 11) is 3.45. The fourth-order valence-electron chi connectivity index (χ4n) is 4.44. The number of nitrogens with zero attached hydrogens (tertiary/aromatic N) is 1. The quantitative estimate of drug-likeness (QED) is 0.453. The molecule has 192 valence electrons. The molecule has 0 saturated carbocycles. The van der Waals surface area contributed by atoms with Crippen LogP contribution in [0.5, 0.6) is 0 Å². The van der Waals surface area contributed by atoms with E-state index in [0.29, 0.717) is 6.42 Å². The molecule has 2 amide bonds. The minimum Gasteiger partial charge on any atom is -0.481 e. The topological polar surface area (TPSA) is 98.7 Å². The van der Waals surface area contributed by atoms with Crippen LogP contribution < -0.4 is 10.6 Å². The van der Waals surface area contributed by atoms with Gasteiger partial charge in [0, 0.05) is 18.5 Å². The Labute approximate surface area is 205 Å². The van der Waals surface area contributed by atoms with Crippen LogP contribution in [0.4, 0.5) is 0 Å². The highest BCUT2D eigenvalue weighted by molar-refractivity contribution is 5.91. The van der Waals surface area contributed by atoms with Crippen LogP contribution in [0.15, 0.2) is 30.3 Å². The summed E-state index contributed by atoms with van der Waals surface area (Å²) in [6.45, 7) is 15.4. The first-order valence-corrected chi connectivity index (χ1v) is 12.1. The molecule has 0 fully saturated rings. The zero-order valence-corrected chi connectivity index (χ0v) is 22.6. The van der Waals surface area contributed by atoms with Gasteiger partial charge in [0.25, 0.3) is 0 Å². The Hall–Kier alpha value is -2.41. The monoisotopic (exact) mass is 475 g/mol. The fraction of sp³-hybridized carbons (Fsp3) is 0.667. The average molecular weight is 476 g/mol. The molecule has 0 aliphatic rings. The van der Waals surface area contributed by atoms with E-state index in [9.17, 15) is 19.5 Å². The van der Waals surface area contributed by atoms with E-state index in [1.165, 1.54) is 0 Å². The number of carbonyl (C=O) groups excluding carboxylic acids is 2. The van der Waals surface area contributed by atoms with Gasteiger partial charge in [0.05, 0.1) is 12.0 Å². The molecule has 7 nitrogen and oxygen atoms in total. The number of aliphatic carboxylic acids is 1. The zero-order chi connectivity index (χ0) is 26.4. The Bertz CT molecular complexity index is 830. The predicted octanol–water partition coefficient (Wildman–Crippen LogP) is 3.68. The van der Waals surface area contributed by atoms with Crippen molar-refractivity contribution in [2.75, 3.05) is 14.1 Å². The van der Waals surface area contributed by atoms with Crippen molar-refractivity contribution in [1.82, 2.24) is 15.5 Å². The lowest BCUT2D eigenvalue weighted by Gasteiger charge is -2.40. The summed E-state index contributed by atoms with van der Waals surface area (Å²) in [6, 6.07) is 8.23. The number of nitrogens with one attached hydrogen (secondary N) is 2. The van der Waals surface area contributed by atoms with Crippen molar-refractivity contribution < 1.29 is 19.5 Å². The molecule has 1 aromatic carbocycles. The van der Waals surface area contributed by atoms with E-state index in [1.54, 1.807) is 25.9 Å². The molecule has 0 heterocycles. The van der Waals surface area contributed by atoms with Gasteiger partial charge in [-0.25, -0.2) is 0 Å². The van der Waals surface area contributed by atoms with Crippen molar-refractivity contribution in [3.8, 4) is 0 Å². The largest absolute Gasteiger partial charge is 0.481 e. The van der Waals surface area contributed by atoms with Crippen LogP contribution in [0.2, 0.25) is 0 Å². The number of amides is 2. The molecule has 0 bridgehead atoms. The molecule has 0 spiro atoms. The summed E-state index contributed by atoms with van der Waals surface area (Å²) in [6.07, 6.45) is 0.347. The number of carboxylic acids is 1. The van der Waals surface area contributed by atoms with Crippen molar-refractivity contribution >= 4 is 17.8 Å². The lowest BCUT2D eigenvalue weighted by Crippen LogP contribution is -2.61. The fourth-order valence-corrected chi connectivity index (χ4v) is 4.44. The van der Waals surface area contributed by atoms with E-state index in [2.05, 4.69) is 10.6 Å². The van der Waals surface area contributed by atoms with Crippen molar-refractivity contribution in [2.24, 2.45) is 17.3 Å². The SMILES string of the molecule is CN[C@H](C(=O)N[C@H](C(=O)N(C)[C@H](C[C@@H](C)C(=O)O)C(C)C)C(C)(C)C)C(C)(C)c1ccccc1.